The number of carbonyl (C=O) groups excluding carboxylic acids is 2. The Morgan fingerprint density at radius 2 is 1.64 bits per heavy atom. The van der Waals surface area contributed by atoms with Gasteiger partial charge in [0.2, 0.25) is 5.91 Å². The normalized spacial score (nSPS) is 14.3. The van der Waals surface area contributed by atoms with E-state index in [1.54, 1.807) is 34.1 Å². The summed E-state index contributed by atoms with van der Waals surface area (Å²) in [6, 6.07) is 11.4. The van der Waals surface area contributed by atoms with Gasteiger partial charge in [0.05, 0.1) is 4.92 Å². The molecule has 1 aliphatic heterocycles. The number of benzene rings is 2. The van der Waals surface area contributed by atoms with Gasteiger partial charge in [-0.1, -0.05) is 6.07 Å². The first-order valence-electron chi connectivity index (χ1n) is 8.70. The second-order valence-electron chi connectivity index (χ2n) is 6.31. The Morgan fingerprint density at radius 1 is 1.00 bits per heavy atom. The summed E-state index contributed by atoms with van der Waals surface area (Å²) in [5.41, 5.74) is 0.958. The minimum Gasteiger partial charge on any atom is -0.336 e. The highest BCUT2D eigenvalue weighted by molar-refractivity contribution is 5.95. The molecule has 0 spiro atoms. The van der Waals surface area contributed by atoms with Gasteiger partial charge >= 0.3 is 0 Å². The van der Waals surface area contributed by atoms with E-state index in [4.69, 9.17) is 0 Å². The van der Waals surface area contributed by atoms with Gasteiger partial charge in [-0.05, 0) is 42.0 Å². The van der Waals surface area contributed by atoms with Crippen LogP contribution in [0.25, 0.3) is 6.08 Å². The lowest BCUT2D eigenvalue weighted by atomic mass is 10.1. The van der Waals surface area contributed by atoms with Crippen molar-refractivity contribution in [1.82, 2.24) is 9.80 Å². The van der Waals surface area contributed by atoms with Crippen molar-refractivity contribution in [1.29, 1.82) is 0 Å². The molecular weight excluding hydrogens is 365 g/mol. The van der Waals surface area contributed by atoms with Crippen LogP contribution in [0, 0.1) is 15.9 Å². The Kier molecular flexibility index (Phi) is 5.78. The van der Waals surface area contributed by atoms with E-state index in [9.17, 15) is 24.1 Å². The van der Waals surface area contributed by atoms with Crippen molar-refractivity contribution in [3.8, 4) is 0 Å². The fourth-order valence-electron chi connectivity index (χ4n) is 2.91. The molecule has 0 aliphatic carbocycles. The minimum atomic E-state index is -0.483. The molecule has 0 radical (unpaired) electrons. The van der Waals surface area contributed by atoms with Crippen molar-refractivity contribution < 1.29 is 18.9 Å². The topological polar surface area (TPSA) is 83.8 Å². The zero-order chi connectivity index (χ0) is 20.1. The Labute approximate surface area is 160 Å². The molecule has 144 valence electrons. The molecule has 0 unspecified atom stereocenters. The molecule has 0 aromatic heterocycles. The highest BCUT2D eigenvalue weighted by Crippen LogP contribution is 2.14. The molecule has 3 rings (SSSR count). The number of hydrogen-bond acceptors (Lipinski definition) is 4. The molecule has 0 saturated carbocycles. The van der Waals surface area contributed by atoms with Crippen LogP contribution in [0.2, 0.25) is 0 Å². The van der Waals surface area contributed by atoms with Crippen LogP contribution in [-0.2, 0) is 4.79 Å². The number of amides is 2. The molecule has 1 heterocycles. The van der Waals surface area contributed by atoms with Crippen LogP contribution in [0.15, 0.2) is 54.6 Å². The predicted octanol–water partition coefficient (Wildman–Crippen LogP) is 2.73. The summed E-state index contributed by atoms with van der Waals surface area (Å²) in [4.78, 5) is 38.1. The van der Waals surface area contributed by atoms with Crippen molar-refractivity contribution in [3.63, 3.8) is 0 Å². The summed E-state index contributed by atoms with van der Waals surface area (Å²) in [6.45, 7) is 1.49. The Balaban J connectivity index is 1.54. The second-order valence-corrected chi connectivity index (χ2v) is 6.31. The maximum Gasteiger partial charge on any atom is 0.269 e. The lowest BCUT2D eigenvalue weighted by Crippen LogP contribution is -2.50. The standard InChI is InChI=1S/C20H18FN3O4/c21-17-3-1-2-16(14-17)20(26)23-12-10-22(11-13-23)19(25)9-6-15-4-7-18(8-5-15)24(27)28/h1-9,14H,10-13H2/b9-6+. The fourth-order valence-corrected chi connectivity index (χ4v) is 2.91. The van der Waals surface area contributed by atoms with Crippen molar-refractivity contribution in [2.24, 2.45) is 0 Å². The zero-order valence-electron chi connectivity index (χ0n) is 15.0. The van der Waals surface area contributed by atoms with Crippen LogP contribution in [-0.4, -0.2) is 52.7 Å². The van der Waals surface area contributed by atoms with Crippen LogP contribution >= 0.6 is 0 Å². The minimum absolute atomic E-state index is 0.0115. The van der Waals surface area contributed by atoms with E-state index in [2.05, 4.69) is 0 Å². The van der Waals surface area contributed by atoms with Gasteiger partial charge in [0.1, 0.15) is 5.82 Å². The predicted molar refractivity (Wildman–Crippen MR) is 101 cm³/mol. The summed E-state index contributed by atoms with van der Waals surface area (Å²) in [5, 5.41) is 10.6. The van der Waals surface area contributed by atoms with Gasteiger partial charge < -0.3 is 9.80 Å². The largest absolute Gasteiger partial charge is 0.336 e. The molecule has 2 aromatic carbocycles. The SMILES string of the molecule is O=C(/C=C/c1ccc([N+](=O)[O-])cc1)N1CCN(C(=O)c2cccc(F)c2)CC1. The van der Waals surface area contributed by atoms with Gasteiger partial charge in [0.25, 0.3) is 11.6 Å². The number of carbonyl (C=O) groups is 2. The quantitative estimate of drug-likeness (QED) is 0.462. The molecule has 2 amide bonds. The summed E-state index contributed by atoms with van der Waals surface area (Å²) in [5.74, 6) is -0.916. The van der Waals surface area contributed by atoms with Gasteiger partial charge in [0.15, 0.2) is 0 Å². The van der Waals surface area contributed by atoms with Crippen LogP contribution in [0.3, 0.4) is 0 Å². The van der Waals surface area contributed by atoms with E-state index in [-0.39, 0.29) is 23.1 Å². The number of nitro benzene ring substituents is 1. The number of non-ortho nitro benzene ring substituents is 1. The van der Waals surface area contributed by atoms with Crippen LogP contribution in [0.4, 0.5) is 10.1 Å². The number of nitrogens with zero attached hydrogens (tertiary/aromatic N) is 3. The highest BCUT2D eigenvalue weighted by Gasteiger charge is 2.24. The van der Waals surface area contributed by atoms with E-state index in [0.717, 1.165) is 0 Å². The number of rotatable bonds is 4. The molecule has 1 fully saturated rings. The van der Waals surface area contributed by atoms with Gasteiger partial charge in [-0.15, -0.1) is 0 Å². The maximum atomic E-state index is 13.3. The lowest BCUT2D eigenvalue weighted by molar-refractivity contribution is -0.384. The van der Waals surface area contributed by atoms with Crippen molar-refractivity contribution >= 4 is 23.6 Å². The molecule has 0 N–H and O–H groups in total. The smallest absolute Gasteiger partial charge is 0.269 e. The number of halogens is 1. The number of piperazine rings is 1. The van der Waals surface area contributed by atoms with E-state index < -0.39 is 10.7 Å². The average molecular weight is 383 g/mol. The Bertz CT molecular complexity index is 919. The van der Waals surface area contributed by atoms with Crippen LogP contribution in [0.5, 0.6) is 0 Å². The third kappa shape index (κ3) is 4.59. The second kappa shape index (κ2) is 8.43. The molecule has 1 aliphatic rings. The molecule has 7 nitrogen and oxygen atoms in total. The summed E-state index contributed by atoms with van der Waals surface area (Å²) < 4.78 is 13.3. The monoisotopic (exact) mass is 383 g/mol. The van der Waals surface area contributed by atoms with E-state index in [0.29, 0.717) is 31.7 Å². The average Bonchev–Trinajstić information content (AvgIpc) is 2.72. The first-order valence-corrected chi connectivity index (χ1v) is 8.70. The molecule has 8 heteroatoms. The molecular formula is C20H18FN3O4. The van der Waals surface area contributed by atoms with Crippen molar-refractivity contribution in [2.45, 2.75) is 0 Å². The zero-order valence-corrected chi connectivity index (χ0v) is 15.0. The number of nitro groups is 1. The van der Waals surface area contributed by atoms with E-state index in [1.165, 1.54) is 36.4 Å². The summed E-state index contributed by atoms with van der Waals surface area (Å²) in [7, 11) is 0. The number of hydrogen-bond donors (Lipinski definition) is 0. The van der Waals surface area contributed by atoms with Crippen LogP contribution < -0.4 is 0 Å². The summed E-state index contributed by atoms with van der Waals surface area (Å²) >= 11 is 0. The molecule has 0 atom stereocenters. The van der Waals surface area contributed by atoms with Gasteiger partial charge in [-0.2, -0.15) is 0 Å². The first kappa shape index (κ1) is 19.2. The Morgan fingerprint density at radius 3 is 2.25 bits per heavy atom. The molecule has 1 saturated heterocycles. The third-order valence-electron chi connectivity index (χ3n) is 4.47. The van der Waals surface area contributed by atoms with Crippen LogP contribution in [0.1, 0.15) is 15.9 Å². The van der Waals surface area contributed by atoms with Gasteiger partial charge in [-0.3, -0.25) is 19.7 Å². The van der Waals surface area contributed by atoms with E-state index in [1.807, 2.05) is 0 Å². The highest BCUT2D eigenvalue weighted by atomic mass is 19.1. The van der Waals surface area contributed by atoms with Gasteiger partial charge in [0, 0.05) is 50.0 Å². The first-order chi connectivity index (χ1) is 13.4. The Hall–Kier alpha value is -3.55. The molecule has 28 heavy (non-hydrogen) atoms. The van der Waals surface area contributed by atoms with Crippen molar-refractivity contribution in [3.05, 3.63) is 81.7 Å². The molecule has 0 bridgehead atoms. The molecule has 2 aromatic rings. The summed E-state index contributed by atoms with van der Waals surface area (Å²) in [6.07, 6.45) is 3.00. The van der Waals surface area contributed by atoms with Crippen molar-refractivity contribution in [2.75, 3.05) is 26.2 Å². The maximum absolute atomic E-state index is 13.3. The van der Waals surface area contributed by atoms with Gasteiger partial charge in [-0.25, -0.2) is 4.39 Å². The third-order valence-corrected chi connectivity index (χ3v) is 4.47. The fraction of sp³-hybridized carbons (Fsp3) is 0.200. The van der Waals surface area contributed by atoms with E-state index >= 15 is 0 Å². The lowest BCUT2D eigenvalue weighted by Gasteiger charge is -2.34.